The van der Waals surface area contributed by atoms with Crippen molar-refractivity contribution in [2.45, 2.75) is 26.8 Å². The number of aryl methyl sites for hydroxylation is 3. The molecule has 0 atom stereocenters. The highest BCUT2D eigenvalue weighted by Gasteiger charge is 2.29. The first-order valence-electron chi connectivity index (χ1n) is 11.0. The normalized spacial score (nSPS) is 11.0. The molecule has 0 radical (unpaired) electrons. The SMILES string of the molecule is Cc1onc(-c2ccccc2Cl)c1C(=O)N(CCCn1ccnc1)c1nc2c(C)cc(Cl)cc2s1.Cl. The molecule has 5 rings (SSSR count). The molecule has 3 aromatic heterocycles. The van der Waals surface area contributed by atoms with Crippen molar-refractivity contribution in [3.8, 4) is 11.3 Å². The van der Waals surface area contributed by atoms with Crippen LogP contribution in [0.1, 0.15) is 28.1 Å². The van der Waals surface area contributed by atoms with E-state index in [9.17, 15) is 4.79 Å². The number of rotatable bonds is 7. The molecule has 0 spiro atoms. The Morgan fingerprint density at radius 1 is 1.19 bits per heavy atom. The number of hydrogen-bond donors (Lipinski definition) is 0. The standard InChI is InChI=1S/C25H21Cl2N5O2S.ClH/c1-15-12-17(26)13-20-22(15)29-25(35-20)32(10-5-9-31-11-8-28-14-31)24(33)21-16(2)34-30-23(21)18-6-3-4-7-19(18)27;/h3-4,6-8,11-14H,5,9-10H2,1-2H3;1H. The van der Waals surface area contributed by atoms with Crippen LogP contribution >= 0.6 is 46.9 Å². The maximum absolute atomic E-state index is 14.1. The zero-order chi connectivity index (χ0) is 24.5. The molecule has 36 heavy (non-hydrogen) atoms. The smallest absolute Gasteiger partial charge is 0.265 e. The number of aromatic nitrogens is 4. The number of carbonyl (C=O) groups excluding carboxylic acids is 1. The van der Waals surface area contributed by atoms with Crippen molar-refractivity contribution in [1.82, 2.24) is 19.7 Å². The summed E-state index contributed by atoms with van der Waals surface area (Å²) in [7, 11) is 0. The Kier molecular flexibility index (Phi) is 8.00. The van der Waals surface area contributed by atoms with Gasteiger partial charge in [0, 0.05) is 36.1 Å². The second kappa shape index (κ2) is 11.0. The molecule has 7 nitrogen and oxygen atoms in total. The number of nitrogens with zero attached hydrogens (tertiary/aromatic N) is 5. The van der Waals surface area contributed by atoms with Gasteiger partial charge in [0.2, 0.25) is 0 Å². The van der Waals surface area contributed by atoms with E-state index in [1.54, 1.807) is 30.4 Å². The molecule has 3 heterocycles. The van der Waals surface area contributed by atoms with Gasteiger partial charge < -0.3 is 9.09 Å². The van der Waals surface area contributed by atoms with E-state index in [1.807, 2.05) is 48.0 Å². The van der Waals surface area contributed by atoms with E-state index in [0.717, 1.165) is 15.8 Å². The minimum Gasteiger partial charge on any atom is -0.360 e. The van der Waals surface area contributed by atoms with Crippen LogP contribution in [-0.4, -0.2) is 32.1 Å². The molecule has 1 amide bonds. The highest BCUT2D eigenvalue weighted by atomic mass is 35.5. The van der Waals surface area contributed by atoms with Gasteiger partial charge in [-0.3, -0.25) is 9.69 Å². The predicted molar refractivity (Wildman–Crippen MR) is 147 cm³/mol. The van der Waals surface area contributed by atoms with Gasteiger partial charge in [-0.1, -0.05) is 57.9 Å². The van der Waals surface area contributed by atoms with Gasteiger partial charge in [-0.05, 0) is 44.0 Å². The van der Waals surface area contributed by atoms with Gasteiger partial charge in [0.1, 0.15) is 17.0 Å². The Balaban J connectivity index is 0.00000304. The van der Waals surface area contributed by atoms with Crippen LogP contribution in [0.3, 0.4) is 0 Å². The number of carbonyl (C=O) groups is 1. The second-order valence-corrected chi connectivity index (χ2v) is 9.97. The van der Waals surface area contributed by atoms with Crippen LogP contribution in [0.4, 0.5) is 5.13 Å². The molecule has 0 fully saturated rings. The zero-order valence-corrected chi connectivity index (χ0v) is 22.6. The summed E-state index contributed by atoms with van der Waals surface area (Å²) in [4.78, 5) is 24.7. The first kappa shape index (κ1) is 26.2. The van der Waals surface area contributed by atoms with Crippen molar-refractivity contribution in [1.29, 1.82) is 0 Å². The quantitative estimate of drug-likeness (QED) is 0.209. The van der Waals surface area contributed by atoms with Crippen molar-refractivity contribution < 1.29 is 9.32 Å². The molecule has 0 aliphatic rings. The lowest BCUT2D eigenvalue weighted by atomic mass is 10.1. The number of imidazole rings is 1. The van der Waals surface area contributed by atoms with Crippen LogP contribution in [0.15, 0.2) is 59.6 Å². The summed E-state index contributed by atoms with van der Waals surface area (Å²) < 4.78 is 8.37. The number of fused-ring (bicyclic) bond motifs is 1. The van der Waals surface area contributed by atoms with E-state index in [2.05, 4.69) is 10.1 Å². The lowest BCUT2D eigenvalue weighted by Crippen LogP contribution is -2.33. The van der Waals surface area contributed by atoms with Gasteiger partial charge in [-0.15, -0.1) is 12.4 Å². The first-order chi connectivity index (χ1) is 16.9. The molecule has 0 bridgehead atoms. The fraction of sp³-hybridized carbons (Fsp3) is 0.200. The minimum atomic E-state index is -0.243. The van der Waals surface area contributed by atoms with Gasteiger partial charge in [0.15, 0.2) is 5.13 Å². The summed E-state index contributed by atoms with van der Waals surface area (Å²) in [6, 6.07) is 11.0. The average molecular weight is 563 g/mol. The van der Waals surface area contributed by atoms with E-state index < -0.39 is 0 Å². The van der Waals surface area contributed by atoms with Gasteiger partial charge in [-0.25, -0.2) is 9.97 Å². The Morgan fingerprint density at radius 3 is 2.75 bits per heavy atom. The van der Waals surface area contributed by atoms with Crippen molar-refractivity contribution in [2.75, 3.05) is 11.4 Å². The molecule has 0 aliphatic carbocycles. The van der Waals surface area contributed by atoms with E-state index in [0.29, 0.717) is 57.3 Å². The number of amides is 1. The molecule has 0 saturated carbocycles. The fourth-order valence-corrected chi connectivity index (χ4v) is 5.64. The number of benzene rings is 2. The number of halogens is 3. The van der Waals surface area contributed by atoms with E-state index in [-0.39, 0.29) is 18.3 Å². The van der Waals surface area contributed by atoms with Gasteiger partial charge >= 0.3 is 0 Å². The molecule has 11 heteroatoms. The van der Waals surface area contributed by atoms with Crippen molar-refractivity contribution in [3.05, 3.63) is 82.1 Å². The Bertz CT molecular complexity index is 1510. The topological polar surface area (TPSA) is 77.0 Å². The van der Waals surface area contributed by atoms with E-state index in [4.69, 9.17) is 32.7 Å². The molecular formula is C25H22Cl3N5O2S. The Morgan fingerprint density at radius 2 is 2.00 bits per heavy atom. The average Bonchev–Trinajstić information content (AvgIpc) is 3.57. The fourth-order valence-electron chi connectivity index (χ4n) is 3.97. The van der Waals surface area contributed by atoms with E-state index >= 15 is 0 Å². The van der Waals surface area contributed by atoms with Crippen LogP contribution in [-0.2, 0) is 6.54 Å². The summed E-state index contributed by atoms with van der Waals surface area (Å²) in [5, 5.41) is 5.90. The third-order valence-electron chi connectivity index (χ3n) is 5.68. The summed E-state index contributed by atoms with van der Waals surface area (Å²) in [6.07, 6.45) is 6.09. The van der Waals surface area contributed by atoms with Crippen LogP contribution < -0.4 is 4.90 Å². The molecule has 0 saturated heterocycles. The molecule has 5 aromatic rings. The van der Waals surface area contributed by atoms with Crippen LogP contribution in [0.25, 0.3) is 21.5 Å². The molecule has 0 N–H and O–H groups in total. The lowest BCUT2D eigenvalue weighted by Gasteiger charge is -2.20. The molecule has 2 aromatic carbocycles. The van der Waals surface area contributed by atoms with Gasteiger partial charge in [0.05, 0.1) is 21.6 Å². The molecular weight excluding hydrogens is 541 g/mol. The van der Waals surface area contributed by atoms with Crippen molar-refractivity contribution in [2.24, 2.45) is 0 Å². The minimum absolute atomic E-state index is 0. The number of anilines is 1. The number of hydrogen-bond acceptors (Lipinski definition) is 6. The third kappa shape index (κ3) is 5.13. The zero-order valence-electron chi connectivity index (χ0n) is 19.4. The maximum atomic E-state index is 14.1. The van der Waals surface area contributed by atoms with Gasteiger partial charge in [-0.2, -0.15) is 0 Å². The van der Waals surface area contributed by atoms with Crippen LogP contribution in [0.5, 0.6) is 0 Å². The second-order valence-electron chi connectivity index (χ2n) is 8.12. The Labute approximate surface area is 228 Å². The molecule has 0 aliphatic heterocycles. The third-order valence-corrected chi connectivity index (χ3v) is 7.25. The first-order valence-corrected chi connectivity index (χ1v) is 12.5. The van der Waals surface area contributed by atoms with E-state index in [1.165, 1.54) is 11.3 Å². The highest BCUT2D eigenvalue weighted by Crippen LogP contribution is 2.36. The Hall–Kier alpha value is -2.91. The lowest BCUT2D eigenvalue weighted by molar-refractivity contribution is 0.0985. The molecule has 0 unspecified atom stereocenters. The number of thiazole rings is 1. The summed E-state index contributed by atoms with van der Waals surface area (Å²) in [5.74, 6) is 0.178. The summed E-state index contributed by atoms with van der Waals surface area (Å²) >= 11 is 14.1. The van der Waals surface area contributed by atoms with Crippen LogP contribution in [0, 0.1) is 13.8 Å². The molecule has 186 valence electrons. The van der Waals surface area contributed by atoms with Gasteiger partial charge in [0.25, 0.3) is 5.91 Å². The monoisotopic (exact) mass is 561 g/mol. The predicted octanol–water partition coefficient (Wildman–Crippen LogP) is 7.23. The van der Waals surface area contributed by atoms with Crippen LogP contribution in [0.2, 0.25) is 10.0 Å². The summed E-state index contributed by atoms with van der Waals surface area (Å²) in [6.45, 7) is 4.84. The maximum Gasteiger partial charge on any atom is 0.265 e. The van der Waals surface area contributed by atoms with Crippen molar-refractivity contribution in [3.63, 3.8) is 0 Å². The highest BCUT2D eigenvalue weighted by molar-refractivity contribution is 7.22. The largest absolute Gasteiger partial charge is 0.360 e. The summed E-state index contributed by atoms with van der Waals surface area (Å²) in [5.41, 5.74) is 3.21. The van der Waals surface area contributed by atoms with Crippen molar-refractivity contribution >= 4 is 68.2 Å².